The Morgan fingerprint density at radius 1 is 0.849 bits per heavy atom. The van der Waals surface area contributed by atoms with Gasteiger partial charge >= 0.3 is 35.9 Å². The van der Waals surface area contributed by atoms with Crippen molar-refractivity contribution >= 4 is 53.2 Å². The first kappa shape index (κ1) is 44.0. The molecule has 1 saturated heterocycles. The summed E-state index contributed by atoms with van der Waals surface area (Å²) in [6.07, 6.45) is -0.550. The van der Waals surface area contributed by atoms with E-state index in [1.807, 2.05) is 0 Å². The van der Waals surface area contributed by atoms with E-state index in [1.54, 1.807) is 38.1 Å². The van der Waals surface area contributed by atoms with E-state index >= 15 is 0 Å². The van der Waals surface area contributed by atoms with Gasteiger partial charge in [0.2, 0.25) is 0 Å². The number of esters is 3. The number of imide groups is 1. The highest BCUT2D eigenvalue weighted by molar-refractivity contribution is 6.06. The maximum Gasteiger partial charge on any atom is 0.325 e. The summed E-state index contributed by atoms with van der Waals surface area (Å²) in [5, 5.41) is 17.8. The van der Waals surface area contributed by atoms with Crippen LogP contribution in [-0.4, -0.2) is 90.3 Å². The molecular weight excluding hydrogens is 690 g/mol. The molecule has 1 aliphatic rings. The molecular formula is C37H53N5O11. The van der Waals surface area contributed by atoms with E-state index in [4.69, 9.17) is 20.8 Å². The summed E-state index contributed by atoms with van der Waals surface area (Å²) < 4.78 is 16.5. The van der Waals surface area contributed by atoms with Crippen LogP contribution in [0.15, 0.2) is 24.3 Å². The molecule has 16 heteroatoms. The molecule has 3 unspecified atom stereocenters. The minimum Gasteiger partial charge on any atom is -0.481 e. The van der Waals surface area contributed by atoms with Crippen molar-refractivity contribution in [3.63, 3.8) is 0 Å². The van der Waals surface area contributed by atoms with Crippen molar-refractivity contribution in [3.8, 4) is 0 Å². The first-order valence-corrected chi connectivity index (χ1v) is 17.4. The molecule has 3 atom stereocenters. The number of hydrogen-bond acceptors (Lipinski definition) is 10. The van der Waals surface area contributed by atoms with Gasteiger partial charge in [0.1, 0.15) is 18.8 Å². The van der Waals surface area contributed by atoms with Gasteiger partial charge in [-0.1, -0.05) is 19.1 Å². The molecule has 0 bridgehead atoms. The second-order valence-corrected chi connectivity index (χ2v) is 15.3. The van der Waals surface area contributed by atoms with Gasteiger partial charge in [0.25, 0.3) is 5.91 Å². The fourth-order valence-electron chi connectivity index (χ4n) is 6.56. The normalized spacial score (nSPS) is 17.2. The lowest BCUT2D eigenvalue weighted by Crippen LogP contribution is -2.47. The Bertz CT molecular complexity index is 1600. The van der Waals surface area contributed by atoms with Crippen LogP contribution in [0.1, 0.15) is 88.0 Å². The van der Waals surface area contributed by atoms with Gasteiger partial charge in [-0.25, -0.2) is 14.4 Å². The molecule has 53 heavy (non-hydrogen) atoms. The van der Waals surface area contributed by atoms with Crippen LogP contribution in [0.2, 0.25) is 0 Å². The highest BCUT2D eigenvalue weighted by Gasteiger charge is 2.53. The summed E-state index contributed by atoms with van der Waals surface area (Å²) in [4.78, 5) is 95.1. The first-order chi connectivity index (χ1) is 24.5. The standard InChI is InChI=1S/C37H53N5O11/c1-11-35(7,27(44)45)22-37(9,29(47)51-12-2)23-36(8,30(48)53-20-18-42-26(43)34(5,6)41-32(42)50)21-33(3,4)28(46)52-19-17-39-31(49)40-25-15-13-24(38-10)14-16-25/h13-16H,11-12,17-23H2,1-9H3,(H,41,50)(H,44,45)(H2,39,40,49). The topological polar surface area (TPSA) is 211 Å². The Kier molecular flexibility index (Phi) is 14.6. The maximum atomic E-state index is 14.1. The number of carboxylic acids is 1. The molecule has 4 N–H and O–H groups in total. The SMILES string of the molecule is [C-]#[N+]c1ccc(NC(=O)NCCOC(=O)C(C)(C)CC(C)(CC(C)(CC(C)(CC)C(=O)O)C(=O)OCC)C(=O)OCCN2C(=O)NC(C)(C)C2=O)cc1. The number of benzene rings is 1. The minimum absolute atomic E-state index is 0.00779. The van der Waals surface area contributed by atoms with E-state index in [0.717, 1.165) is 4.90 Å². The highest BCUT2D eigenvalue weighted by Crippen LogP contribution is 2.49. The smallest absolute Gasteiger partial charge is 0.325 e. The van der Waals surface area contributed by atoms with Gasteiger partial charge in [-0.15, -0.1) is 0 Å². The highest BCUT2D eigenvalue weighted by atomic mass is 16.5. The average Bonchev–Trinajstić information content (AvgIpc) is 3.27. The molecule has 1 aromatic rings. The monoisotopic (exact) mass is 743 g/mol. The van der Waals surface area contributed by atoms with E-state index < -0.39 is 69.0 Å². The van der Waals surface area contributed by atoms with Crippen LogP contribution in [0.5, 0.6) is 0 Å². The fourth-order valence-corrected chi connectivity index (χ4v) is 6.56. The van der Waals surface area contributed by atoms with Crippen LogP contribution in [-0.2, 0) is 38.2 Å². The Morgan fingerprint density at radius 3 is 1.91 bits per heavy atom. The minimum atomic E-state index is -1.63. The largest absolute Gasteiger partial charge is 0.481 e. The third-order valence-corrected chi connectivity index (χ3v) is 9.37. The predicted octanol–water partition coefficient (Wildman–Crippen LogP) is 5.05. The first-order valence-electron chi connectivity index (χ1n) is 17.4. The zero-order valence-electron chi connectivity index (χ0n) is 32.1. The second kappa shape index (κ2) is 17.5. The van der Waals surface area contributed by atoms with Crippen molar-refractivity contribution in [3.05, 3.63) is 35.7 Å². The van der Waals surface area contributed by atoms with Gasteiger partial charge in [0, 0.05) is 5.69 Å². The lowest BCUT2D eigenvalue weighted by molar-refractivity contribution is -0.171. The van der Waals surface area contributed by atoms with Crippen molar-refractivity contribution in [2.75, 3.05) is 38.2 Å². The third kappa shape index (κ3) is 11.4. The quantitative estimate of drug-likeness (QED) is 0.0484. The molecule has 0 spiro atoms. The van der Waals surface area contributed by atoms with E-state index in [1.165, 1.54) is 48.5 Å². The van der Waals surface area contributed by atoms with Crippen molar-refractivity contribution in [2.24, 2.45) is 21.7 Å². The maximum absolute atomic E-state index is 14.1. The molecule has 5 amide bonds. The molecule has 0 aliphatic carbocycles. The Morgan fingerprint density at radius 2 is 1.40 bits per heavy atom. The van der Waals surface area contributed by atoms with E-state index in [0.29, 0.717) is 11.4 Å². The van der Waals surface area contributed by atoms with Crippen LogP contribution in [0.3, 0.4) is 0 Å². The summed E-state index contributed by atoms with van der Waals surface area (Å²) in [5.41, 5.74) is -6.21. The van der Waals surface area contributed by atoms with Crippen molar-refractivity contribution in [2.45, 2.75) is 93.5 Å². The number of hydrogen-bond donors (Lipinski definition) is 4. The molecule has 1 heterocycles. The number of urea groups is 2. The van der Waals surface area contributed by atoms with Crippen LogP contribution in [0.4, 0.5) is 21.0 Å². The van der Waals surface area contributed by atoms with Crippen molar-refractivity contribution in [1.82, 2.24) is 15.5 Å². The van der Waals surface area contributed by atoms with Crippen LogP contribution in [0, 0.1) is 28.2 Å². The molecule has 1 fully saturated rings. The fraction of sp³-hybridized carbons (Fsp3) is 0.622. The molecule has 292 valence electrons. The van der Waals surface area contributed by atoms with Gasteiger partial charge in [-0.05, 0) is 93.2 Å². The lowest BCUT2D eigenvalue weighted by Gasteiger charge is -2.42. The van der Waals surface area contributed by atoms with Gasteiger partial charge < -0.3 is 35.3 Å². The summed E-state index contributed by atoms with van der Waals surface area (Å²) in [6.45, 7) is 20.1. The lowest BCUT2D eigenvalue weighted by atomic mass is 9.61. The number of rotatable bonds is 19. The number of anilines is 1. The Hall–Kier alpha value is -5.20. The molecule has 0 aromatic heterocycles. The third-order valence-electron chi connectivity index (χ3n) is 9.37. The summed E-state index contributed by atoms with van der Waals surface area (Å²) in [5.74, 6) is -3.95. The van der Waals surface area contributed by atoms with Crippen LogP contribution < -0.4 is 16.0 Å². The van der Waals surface area contributed by atoms with E-state index in [2.05, 4.69) is 20.8 Å². The Labute approximate surface area is 310 Å². The van der Waals surface area contributed by atoms with Crippen LogP contribution >= 0.6 is 0 Å². The number of carbonyl (C=O) groups excluding carboxylic acids is 6. The molecule has 2 rings (SSSR count). The van der Waals surface area contributed by atoms with E-state index in [9.17, 15) is 38.7 Å². The number of nitrogens with one attached hydrogen (secondary N) is 3. The summed E-state index contributed by atoms with van der Waals surface area (Å²) >= 11 is 0. The zero-order chi connectivity index (χ0) is 40.4. The van der Waals surface area contributed by atoms with Crippen LogP contribution in [0.25, 0.3) is 4.85 Å². The Balaban J connectivity index is 2.29. The van der Waals surface area contributed by atoms with Gasteiger partial charge in [-0.3, -0.25) is 28.9 Å². The molecule has 1 aliphatic heterocycles. The van der Waals surface area contributed by atoms with E-state index in [-0.39, 0.29) is 58.6 Å². The number of carboxylic acid groups (broad SMARTS) is 1. The van der Waals surface area contributed by atoms with Gasteiger partial charge in [-0.2, -0.15) is 0 Å². The predicted molar refractivity (Wildman–Crippen MR) is 192 cm³/mol. The number of nitrogens with zero attached hydrogens (tertiary/aromatic N) is 2. The molecule has 0 radical (unpaired) electrons. The number of carbonyl (C=O) groups is 7. The zero-order valence-corrected chi connectivity index (χ0v) is 32.1. The molecule has 16 nitrogen and oxygen atoms in total. The van der Waals surface area contributed by atoms with Crippen molar-refractivity contribution in [1.29, 1.82) is 0 Å². The number of ether oxygens (including phenoxy) is 3. The molecule has 1 aromatic carbocycles. The summed E-state index contributed by atoms with van der Waals surface area (Å²) in [7, 11) is 0. The number of aliphatic carboxylic acids is 1. The van der Waals surface area contributed by atoms with Crippen molar-refractivity contribution < 1.29 is 52.9 Å². The average molecular weight is 744 g/mol. The second-order valence-electron chi connectivity index (χ2n) is 15.3. The summed E-state index contributed by atoms with van der Waals surface area (Å²) in [6, 6.07) is 5.02. The molecule has 0 saturated carbocycles. The van der Waals surface area contributed by atoms with Gasteiger partial charge in [0.15, 0.2) is 5.69 Å². The number of amides is 5. The van der Waals surface area contributed by atoms with Gasteiger partial charge in [0.05, 0.1) is 47.9 Å².